The van der Waals surface area contributed by atoms with Gasteiger partial charge in [-0.25, -0.2) is 4.98 Å². The molecular weight excluding hydrogens is 396 g/mol. The quantitative estimate of drug-likeness (QED) is 0.606. The largest absolute Gasteiger partial charge is 0.352 e. The first-order chi connectivity index (χ1) is 14.9. The Hall–Kier alpha value is -3.99. The third kappa shape index (κ3) is 4.16. The molecule has 8 nitrogen and oxygen atoms in total. The van der Waals surface area contributed by atoms with E-state index in [9.17, 15) is 19.2 Å². The van der Waals surface area contributed by atoms with E-state index in [-0.39, 0.29) is 43.2 Å². The highest BCUT2D eigenvalue weighted by Crippen LogP contribution is 2.21. The van der Waals surface area contributed by atoms with Crippen LogP contribution in [0, 0.1) is 19.1 Å². The van der Waals surface area contributed by atoms with Crippen LogP contribution in [0.1, 0.15) is 35.8 Å². The minimum atomic E-state index is -0.797. The van der Waals surface area contributed by atoms with Gasteiger partial charge in [0.1, 0.15) is 11.9 Å². The Morgan fingerprint density at radius 1 is 1.26 bits per heavy atom. The van der Waals surface area contributed by atoms with Crippen molar-refractivity contribution in [1.82, 2.24) is 20.2 Å². The van der Waals surface area contributed by atoms with E-state index in [1.807, 2.05) is 0 Å². The highest BCUT2D eigenvalue weighted by atomic mass is 16.2. The second-order valence-electron chi connectivity index (χ2n) is 7.39. The monoisotopic (exact) mass is 416 g/mol. The maximum absolute atomic E-state index is 13.4. The number of aromatic nitrogens is 2. The molecule has 0 radical (unpaired) electrons. The number of rotatable bonds is 5. The predicted molar refractivity (Wildman–Crippen MR) is 112 cm³/mol. The van der Waals surface area contributed by atoms with Crippen LogP contribution < -0.4 is 16.2 Å². The SMILES string of the molecule is Cc1nc2cccc(CNC(=O)Cc3c#cccc3)c2c(=O)n1[C@@H]1CCC(=O)NC1=O. The molecule has 0 bridgehead atoms. The first-order valence-corrected chi connectivity index (χ1v) is 9.92. The summed E-state index contributed by atoms with van der Waals surface area (Å²) in [7, 11) is 0. The van der Waals surface area contributed by atoms with E-state index in [2.05, 4.69) is 27.8 Å². The number of carbonyl (C=O) groups excluding carboxylic acids is 3. The van der Waals surface area contributed by atoms with Gasteiger partial charge < -0.3 is 5.32 Å². The molecule has 1 fully saturated rings. The number of carbonyl (C=O) groups is 3. The number of benzene rings is 1. The van der Waals surface area contributed by atoms with Crippen LogP contribution in [0.2, 0.25) is 0 Å². The van der Waals surface area contributed by atoms with Gasteiger partial charge in [0.25, 0.3) is 5.56 Å². The summed E-state index contributed by atoms with van der Waals surface area (Å²) >= 11 is 0. The Morgan fingerprint density at radius 3 is 2.84 bits per heavy atom. The topological polar surface area (TPSA) is 110 Å². The molecule has 2 N–H and O–H groups in total. The smallest absolute Gasteiger partial charge is 0.262 e. The Kier molecular flexibility index (Phi) is 5.50. The zero-order valence-corrected chi connectivity index (χ0v) is 16.9. The molecule has 31 heavy (non-hydrogen) atoms. The molecule has 1 atom stereocenters. The Labute approximate surface area is 178 Å². The molecular formula is C23H20N4O4. The first-order valence-electron chi connectivity index (χ1n) is 9.92. The van der Waals surface area contributed by atoms with Gasteiger partial charge in [-0.3, -0.25) is 29.1 Å². The lowest BCUT2D eigenvalue weighted by atomic mass is 10.0. The van der Waals surface area contributed by atoms with Gasteiger partial charge in [0.05, 0.1) is 17.3 Å². The summed E-state index contributed by atoms with van der Waals surface area (Å²) < 4.78 is 1.34. The lowest BCUT2D eigenvalue weighted by Crippen LogP contribution is -2.45. The van der Waals surface area contributed by atoms with Crippen LogP contribution in [0.3, 0.4) is 0 Å². The average molecular weight is 416 g/mol. The number of hydrogen-bond donors (Lipinski definition) is 2. The number of nitrogens with zero attached hydrogens (tertiary/aromatic N) is 2. The van der Waals surface area contributed by atoms with Crippen molar-refractivity contribution in [2.75, 3.05) is 0 Å². The number of hydrogen-bond acceptors (Lipinski definition) is 5. The van der Waals surface area contributed by atoms with Crippen LogP contribution in [-0.4, -0.2) is 27.3 Å². The molecule has 2 aromatic carbocycles. The van der Waals surface area contributed by atoms with Gasteiger partial charge in [0.2, 0.25) is 17.7 Å². The molecule has 1 saturated heterocycles. The first kappa shape index (κ1) is 20.3. The van der Waals surface area contributed by atoms with Gasteiger partial charge in [-0.05, 0) is 37.1 Å². The number of imide groups is 1. The van der Waals surface area contributed by atoms with E-state index in [0.29, 0.717) is 22.3 Å². The number of fused-ring (bicyclic) bond motifs is 1. The van der Waals surface area contributed by atoms with Crippen molar-refractivity contribution in [2.45, 2.75) is 38.8 Å². The van der Waals surface area contributed by atoms with Gasteiger partial charge in [0, 0.05) is 18.5 Å². The fraction of sp³-hybridized carbons (Fsp3) is 0.261. The number of amides is 3. The van der Waals surface area contributed by atoms with Crippen LogP contribution in [0.15, 0.2) is 41.2 Å². The standard InChI is InChI=1S/C23H20N4O4/c1-14-25-17-9-5-8-16(13-24-20(29)12-15-6-3-2-4-7-15)21(17)23(31)27(14)18-10-11-19(28)26-22(18)30/h2-3,5-6,8-9,18H,10-13H2,1H3,(H,24,29)(H,26,28,30)/t18-/m1/s1. The van der Waals surface area contributed by atoms with E-state index in [1.54, 1.807) is 43.3 Å². The molecule has 8 heteroatoms. The van der Waals surface area contributed by atoms with Crippen molar-refractivity contribution in [2.24, 2.45) is 0 Å². The maximum Gasteiger partial charge on any atom is 0.262 e. The Morgan fingerprint density at radius 2 is 2.10 bits per heavy atom. The third-order valence-corrected chi connectivity index (χ3v) is 5.25. The summed E-state index contributed by atoms with van der Waals surface area (Å²) in [6.07, 6.45) is 0.550. The van der Waals surface area contributed by atoms with Crippen LogP contribution in [0.5, 0.6) is 0 Å². The lowest BCUT2D eigenvalue weighted by molar-refractivity contribution is -0.135. The molecule has 156 valence electrons. The molecule has 1 aromatic heterocycles. The summed E-state index contributed by atoms with van der Waals surface area (Å²) in [4.78, 5) is 54.0. The van der Waals surface area contributed by atoms with Gasteiger partial charge in [-0.1, -0.05) is 30.3 Å². The van der Waals surface area contributed by atoms with Crippen molar-refractivity contribution in [3.8, 4) is 0 Å². The Bertz CT molecular complexity index is 1230. The zero-order chi connectivity index (χ0) is 22.0. The summed E-state index contributed by atoms with van der Waals surface area (Å²) in [5.41, 5.74) is 1.44. The van der Waals surface area contributed by atoms with E-state index >= 15 is 0 Å². The molecule has 0 aliphatic carbocycles. The van der Waals surface area contributed by atoms with Gasteiger partial charge in [-0.2, -0.15) is 0 Å². The van der Waals surface area contributed by atoms with Crippen molar-refractivity contribution in [3.63, 3.8) is 0 Å². The minimum Gasteiger partial charge on any atom is -0.352 e. The number of aryl methyl sites for hydroxylation is 1. The molecule has 2 heterocycles. The molecule has 1 aliphatic rings. The van der Waals surface area contributed by atoms with E-state index in [1.165, 1.54) is 4.57 Å². The molecule has 0 saturated carbocycles. The van der Waals surface area contributed by atoms with Gasteiger partial charge >= 0.3 is 0 Å². The predicted octanol–water partition coefficient (Wildman–Crippen LogP) is 1.14. The summed E-state index contributed by atoms with van der Waals surface area (Å²) in [6.45, 7) is 1.80. The van der Waals surface area contributed by atoms with Crippen LogP contribution >= 0.6 is 0 Å². The highest BCUT2D eigenvalue weighted by molar-refractivity contribution is 5.99. The molecule has 4 rings (SSSR count). The second-order valence-corrected chi connectivity index (χ2v) is 7.39. The van der Waals surface area contributed by atoms with Crippen molar-refractivity contribution in [3.05, 3.63) is 75.8 Å². The van der Waals surface area contributed by atoms with Crippen LogP contribution in [-0.2, 0) is 27.3 Å². The molecule has 0 spiro atoms. The molecule has 1 aliphatic heterocycles. The maximum atomic E-state index is 13.4. The number of piperidine rings is 1. The average Bonchev–Trinajstić information content (AvgIpc) is 2.74. The van der Waals surface area contributed by atoms with Crippen LogP contribution in [0.25, 0.3) is 10.9 Å². The minimum absolute atomic E-state index is 0.141. The third-order valence-electron chi connectivity index (χ3n) is 5.25. The van der Waals surface area contributed by atoms with E-state index in [4.69, 9.17) is 0 Å². The summed E-state index contributed by atoms with van der Waals surface area (Å²) in [5.74, 6) is -0.677. The van der Waals surface area contributed by atoms with Crippen molar-refractivity contribution < 1.29 is 14.4 Å². The summed E-state index contributed by atoms with van der Waals surface area (Å²) in [5, 5.41) is 5.45. The van der Waals surface area contributed by atoms with Crippen molar-refractivity contribution >= 4 is 28.6 Å². The van der Waals surface area contributed by atoms with Gasteiger partial charge in [-0.15, -0.1) is 0 Å². The normalized spacial score (nSPS) is 16.0. The zero-order valence-electron chi connectivity index (χ0n) is 16.9. The molecule has 3 aromatic rings. The van der Waals surface area contributed by atoms with Crippen molar-refractivity contribution in [1.29, 1.82) is 0 Å². The van der Waals surface area contributed by atoms with Gasteiger partial charge in [0.15, 0.2) is 0 Å². The Balaban J connectivity index is 1.64. The fourth-order valence-electron chi connectivity index (χ4n) is 3.79. The fourth-order valence-corrected chi connectivity index (χ4v) is 3.79. The second kappa shape index (κ2) is 8.40. The van der Waals surface area contributed by atoms with E-state index < -0.39 is 11.9 Å². The summed E-state index contributed by atoms with van der Waals surface area (Å²) in [6, 6.07) is 15.4. The highest BCUT2D eigenvalue weighted by Gasteiger charge is 2.30. The molecule has 3 amide bonds. The molecule has 0 unspecified atom stereocenters. The number of nitrogens with one attached hydrogen (secondary N) is 2. The van der Waals surface area contributed by atoms with E-state index in [0.717, 1.165) is 5.56 Å². The van der Waals surface area contributed by atoms with Crippen LogP contribution in [0.4, 0.5) is 0 Å². The lowest BCUT2D eigenvalue weighted by Gasteiger charge is -2.24.